The number of aryl methyl sites for hydroxylation is 1. The van der Waals surface area contributed by atoms with Crippen molar-refractivity contribution in [2.75, 3.05) is 6.54 Å². The van der Waals surface area contributed by atoms with Crippen molar-refractivity contribution >= 4 is 0 Å². The van der Waals surface area contributed by atoms with Crippen molar-refractivity contribution in [3.05, 3.63) is 35.4 Å². The second kappa shape index (κ2) is 5.68. The Morgan fingerprint density at radius 1 is 1.12 bits per heavy atom. The lowest BCUT2D eigenvalue weighted by Crippen LogP contribution is -2.41. The summed E-state index contributed by atoms with van der Waals surface area (Å²) in [6.07, 6.45) is 7.61. The van der Waals surface area contributed by atoms with Gasteiger partial charge in [0.1, 0.15) is 0 Å². The Bertz CT molecular complexity index is 333. The van der Waals surface area contributed by atoms with E-state index in [0.717, 1.165) is 6.42 Å². The molecule has 0 spiro atoms. The Labute approximate surface area is 106 Å². The Kier molecular flexibility index (Phi) is 4.22. The minimum absolute atomic E-state index is 0.391. The fourth-order valence-corrected chi connectivity index (χ4v) is 3.08. The van der Waals surface area contributed by atoms with Gasteiger partial charge in [-0.15, -0.1) is 0 Å². The fourth-order valence-electron chi connectivity index (χ4n) is 3.08. The minimum Gasteiger partial charge on any atom is -0.311 e. The lowest BCUT2D eigenvalue weighted by molar-refractivity contribution is 0.342. The van der Waals surface area contributed by atoms with Crippen molar-refractivity contribution in [3.8, 4) is 0 Å². The number of hydrogen-bond donors (Lipinski definition) is 1. The topological polar surface area (TPSA) is 12.0 Å². The van der Waals surface area contributed by atoms with Crippen LogP contribution < -0.4 is 5.32 Å². The highest BCUT2D eigenvalue weighted by Gasteiger charge is 2.32. The number of benzene rings is 1. The number of hydrogen-bond acceptors (Lipinski definition) is 1. The minimum atomic E-state index is 0.391. The Hall–Kier alpha value is -0.820. The summed E-state index contributed by atoms with van der Waals surface area (Å²) in [5.41, 5.74) is 3.32. The first kappa shape index (κ1) is 12.6. The van der Waals surface area contributed by atoms with E-state index in [9.17, 15) is 0 Å². The van der Waals surface area contributed by atoms with Crippen LogP contribution in [0.1, 0.15) is 50.7 Å². The molecule has 0 saturated carbocycles. The van der Waals surface area contributed by atoms with Gasteiger partial charge in [-0.3, -0.25) is 0 Å². The standard InChI is InChI=1S/C16H25N/c1-3-10-16(11-5-12-17-16)13-15-8-6-14(4-2)7-9-15/h6-9,17H,3-5,10-13H2,1-2H3. The third-order valence-electron chi connectivity index (χ3n) is 4.03. The average molecular weight is 231 g/mol. The molecule has 17 heavy (non-hydrogen) atoms. The highest BCUT2D eigenvalue weighted by atomic mass is 15.0. The second-order valence-electron chi connectivity index (χ2n) is 5.41. The van der Waals surface area contributed by atoms with Gasteiger partial charge >= 0.3 is 0 Å². The molecule has 2 rings (SSSR count). The van der Waals surface area contributed by atoms with Gasteiger partial charge in [-0.05, 0) is 49.8 Å². The molecule has 1 heterocycles. The molecule has 1 N–H and O–H groups in total. The third-order valence-corrected chi connectivity index (χ3v) is 4.03. The van der Waals surface area contributed by atoms with E-state index in [-0.39, 0.29) is 0 Å². The van der Waals surface area contributed by atoms with Crippen LogP contribution in [0.5, 0.6) is 0 Å². The molecule has 94 valence electrons. The maximum absolute atomic E-state index is 3.75. The Balaban J connectivity index is 2.06. The van der Waals surface area contributed by atoms with Gasteiger partial charge in [0.15, 0.2) is 0 Å². The highest BCUT2D eigenvalue weighted by Crippen LogP contribution is 2.28. The molecule has 1 saturated heterocycles. The van der Waals surface area contributed by atoms with E-state index < -0.39 is 0 Å². The third kappa shape index (κ3) is 3.10. The first-order valence-electron chi connectivity index (χ1n) is 7.11. The molecule has 1 aromatic rings. The lowest BCUT2D eigenvalue weighted by Gasteiger charge is -2.29. The van der Waals surface area contributed by atoms with Crippen LogP contribution in [0, 0.1) is 0 Å². The Morgan fingerprint density at radius 2 is 1.82 bits per heavy atom. The molecule has 1 nitrogen and oxygen atoms in total. The monoisotopic (exact) mass is 231 g/mol. The molecule has 0 amide bonds. The van der Waals surface area contributed by atoms with Crippen LogP contribution in [0.3, 0.4) is 0 Å². The van der Waals surface area contributed by atoms with E-state index in [1.54, 1.807) is 0 Å². The summed E-state index contributed by atoms with van der Waals surface area (Å²) in [6.45, 7) is 5.71. The smallest absolute Gasteiger partial charge is 0.0222 e. The lowest BCUT2D eigenvalue weighted by atomic mass is 9.85. The van der Waals surface area contributed by atoms with E-state index in [0.29, 0.717) is 5.54 Å². The Morgan fingerprint density at radius 3 is 2.35 bits per heavy atom. The second-order valence-corrected chi connectivity index (χ2v) is 5.41. The molecule has 1 aliphatic heterocycles. The summed E-state index contributed by atoms with van der Waals surface area (Å²) in [6, 6.07) is 9.19. The maximum Gasteiger partial charge on any atom is 0.0222 e. The summed E-state index contributed by atoms with van der Waals surface area (Å²) < 4.78 is 0. The van der Waals surface area contributed by atoms with Crippen molar-refractivity contribution in [2.24, 2.45) is 0 Å². The van der Waals surface area contributed by atoms with Crippen LogP contribution in [0.4, 0.5) is 0 Å². The first-order chi connectivity index (χ1) is 8.28. The van der Waals surface area contributed by atoms with E-state index in [1.165, 1.54) is 49.8 Å². The van der Waals surface area contributed by atoms with Gasteiger partial charge in [-0.2, -0.15) is 0 Å². The SMILES string of the molecule is CCCC1(Cc2ccc(CC)cc2)CCCN1. The van der Waals surface area contributed by atoms with Gasteiger partial charge in [0, 0.05) is 5.54 Å². The molecule has 1 fully saturated rings. The van der Waals surface area contributed by atoms with Crippen LogP contribution in [-0.2, 0) is 12.8 Å². The molecule has 1 aromatic carbocycles. The molecule has 1 atom stereocenters. The quantitative estimate of drug-likeness (QED) is 0.814. The van der Waals surface area contributed by atoms with Gasteiger partial charge in [0.05, 0.1) is 0 Å². The van der Waals surface area contributed by atoms with Gasteiger partial charge in [-0.1, -0.05) is 44.5 Å². The van der Waals surface area contributed by atoms with Gasteiger partial charge in [0.25, 0.3) is 0 Å². The molecule has 0 radical (unpaired) electrons. The molecule has 1 heteroatoms. The number of nitrogens with one attached hydrogen (secondary N) is 1. The molecular weight excluding hydrogens is 206 g/mol. The summed E-state index contributed by atoms with van der Waals surface area (Å²) >= 11 is 0. The first-order valence-corrected chi connectivity index (χ1v) is 7.11. The summed E-state index contributed by atoms with van der Waals surface area (Å²) in [7, 11) is 0. The van der Waals surface area contributed by atoms with Crippen LogP contribution >= 0.6 is 0 Å². The molecule has 0 aromatic heterocycles. The molecule has 0 aliphatic carbocycles. The van der Waals surface area contributed by atoms with Crippen molar-refractivity contribution in [3.63, 3.8) is 0 Å². The van der Waals surface area contributed by atoms with Gasteiger partial charge in [0.2, 0.25) is 0 Å². The van der Waals surface area contributed by atoms with Gasteiger partial charge in [-0.25, -0.2) is 0 Å². The van der Waals surface area contributed by atoms with Crippen molar-refractivity contribution in [2.45, 2.75) is 57.9 Å². The van der Waals surface area contributed by atoms with Crippen molar-refractivity contribution in [1.82, 2.24) is 5.32 Å². The van der Waals surface area contributed by atoms with Crippen LogP contribution in [-0.4, -0.2) is 12.1 Å². The number of rotatable bonds is 5. The van der Waals surface area contributed by atoms with Gasteiger partial charge < -0.3 is 5.32 Å². The predicted octanol–water partition coefficient (Wildman–Crippen LogP) is 3.71. The van der Waals surface area contributed by atoms with E-state index >= 15 is 0 Å². The molecule has 0 bridgehead atoms. The zero-order valence-electron chi connectivity index (χ0n) is 11.3. The summed E-state index contributed by atoms with van der Waals surface area (Å²) in [5, 5.41) is 3.75. The largest absolute Gasteiger partial charge is 0.311 e. The van der Waals surface area contributed by atoms with E-state index in [1.807, 2.05) is 0 Å². The zero-order valence-corrected chi connectivity index (χ0v) is 11.3. The van der Waals surface area contributed by atoms with Crippen LogP contribution in [0.25, 0.3) is 0 Å². The van der Waals surface area contributed by atoms with Crippen LogP contribution in [0.15, 0.2) is 24.3 Å². The summed E-state index contributed by atoms with van der Waals surface area (Å²) in [5.74, 6) is 0. The fraction of sp³-hybridized carbons (Fsp3) is 0.625. The van der Waals surface area contributed by atoms with Crippen molar-refractivity contribution in [1.29, 1.82) is 0 Å². The molecule has 1 aliphatic rings. The average Bonchev–Trinajstić information content (AvgIpc) is 2.79. The highest BCUT2D eigenvalue weighted by molar-refractivity contribution is 5.24. The predicted molar refractivity (Wildman–Crippen MR) is 74.4 cm³/mol. The summed E-state index contributed by atoms with van der Waals surface area (Å²) in [4.78, 5) is 0. The maximum atomic E-state index is 3.75. The van der Waals surface area contributed by atoms with E-state index in [4.69, 9.17) is 0 Å². The van der Waals surface area contributed by atoms with Crippen LogP contribution in [0.2, 0.25) is 0 Å². The molecule has 1 unspecified atom stereocenters. The van der Waals surface area contributed by atoms with E-state index in [2.05, 4.69) is 43.4 Å². The zero-order chi connectivity index (χ0) is 12.1. The normalized spacial score (nSPS) is 24.1. The molecular formula is C16H25N. The van der Waals surface area contributed by atoms with Crippen molar-refractivity contribution < 1.29 is 0 Å².